The van der Waals surface area contributed by atoms with Gasteiger partial charge in [0.15, 0.2) is 0 Å². The summed E-state index contributed by atoms with van der Waals surface area (Å²) in [5.74, 6) is 0.234. The normalized spacial score (nSPS) is 19.5. The largest absolute Gasteiger partial charge is 0.351 e. The van der Waals surface area contributed by atoms with Gasteiger partial charge in [0.25, 0.3) is 5.91 Å². The number of hydrogen-bond donors (Lipinski definition) is 3. The molecule has 0 spiro atoms. The molecule has 0 unspecified atom stereocenters. The molecule has 0 heterocycles. The molecule has 0 bridgehead atoms. The monoisotopic (exact) mass is 360 g/mol. The Balaban J connectivity index is 1.83. The SMILES string of the molecule is CCN(CC)CCNC(=O)c1ccc(NC(=O)[C@@H]2CCC[C@@H]2CN)cc1. The number of nitrogens with zero attached hydrogens (tertiary/aromatic N) is 1. The van der Waals surface area contributed by atoms with Crippen LogP contribution in [0.1, 0.15) is 43.5 Å². The zero-order valence-corrected chi connectivity index (χ0v) is 16.0. The van der Waals surface area contributed by atoms with E-state index in [9.17, 15) is 9.59 Å². The van der Waals surface area contributed by atoms with E-state index in [-0.39, 0.29) is 23.7 Å². The summed E-state index contributed by atoms with van der Waals surface area (Å²) in [5, 5.41) is 5.89. The van der Waals surface area contributed by atoms with Gasteiger partial charge >= 0.3 is 0 Å². The third kappa shape index (κ3) is 5.54. The molecule has 26 heavy (non-hydrogen) atoms. The van der Waals surface area contributed by atoms with Crippen molar-refractivity contribution in [3.63, 3.8) is 0 Å². The Morgan fingerprint density at radius 2 is 1.85 bits per heavy atom. The number of anilines is 1. The first-order valence-electron chi connectivity index (χ1n) is 9.70. The van der Waals surface area contributed by atoms with Gasteiger partial charge in [-0.2, -0.15) is 0 Å². The van der Waals surface area contributed by atoms with Gasteiger partial charge in [-0.05, 0) is 62.7 Å². The minimum absolute atomic E-state index is 0.00283. The Morgan fingerprint density at radius 3 is 2.46 bits per heavy atom. The molecule has 0 radical (unpaired) electrons. The Morgan fingerprint density at radius 1 is 1.15 bits per heavy atom. The zero-order chi connectivity index (χ0) is 18.9. The molecule has 6 heteroatoms. The number of likely N-dealkylation sites (N-methyl/N-ethyl adjacent to an activating group) is 1. The molecule has 0 aromatic heterocycles. The molecule has 4 N–H and O–H groups in total. The summed E-state index contributed by atoms with van der Waals surface area (Å²) in [6.07, 6.45) is 2.99. The van der Waals surface area contributed by atoms with Crippen LogP contribution in [0.15, 0.2) is 24.3 Å². The summed E-state index contributed by atoms with van der Waals surface area (Å²) in [4.78, 5) is 26.9. The van der Waals surface area contributed by atoms with E-state index in [0.29, 0.717) is 18.7 Å². The standard InChI is InChI=1S/C20H32N4O2/c1-3-24(4-2)13-12-22-19(25)15-8-10-17(11-9-15)23-20(26)18-7-5-6-16(18)14-21/h8-11,16,18H,3-7,12-14,21H2,1-2H3,(H,22,25)(H,23,26)/t16-,18-/m1/s1. The van der Waals surface area contributed by atoms with Gasteiger partial charge in [-0.3, -0.25) is 9.59 Å². The first-order valence-corrected chi connectivity index (χ1v) is 9.70. The molecule has 1 fully saturated rings. The first kappa shape index (κ1) is 20.4. The van der Waals surface area contributed by atoms with E-state index in [1.807, 2.05) is 0 Å². The van der Waals surface area contributed by atoms with Crippen LogP contribution in [0.25, 0.3) is 0 Å². The van der Waals surface area contributed by atoms with Gasteiger partial charge in [0.05, 0.1) is 0 Å². The van der Waals surface area contributed by atoms with Crippen molar-refractivity contribution in [2.24, 2.45) is 17.6 Å². The molecule has 1 saturated carbocycles. The highest BCUT2D eigenvalue weighted by Gasteiger charge is 2.31. The number of amides is 2. The molecule has 1 aliphatic carbocycles. The highest BCUT2D eigenvalue weighted by molar-refractivity contribution is 5.96. The third-order valence-electron chi connectivity index (χ3n) is 5.32. The molecule has 1 aromatic carbocycles. The number of carbonyl (C=O) groups is 2. The molecule has 6 nitrogen and oxygen atoms in total. The maximum absolute atomic E-state index is 12.4. The number of hydrogen-bond acceptors (Lipinski definition) is 4. The fraction of sp³-hybridized carbons (Fsp3) is 0.600. The van der Waals surface area contributed by atoms with Crippen LogP contribution in [-0.2, 0) is 4.79 Å². The van der Waals surface area contributed by atoms with E-state index in [1.165, 1.54) is 0 Å². The molecular weight excluding hydrogens is 328 g/mol. The van der Waals surface area contributed by atoms with Crippen molar-refractivity contribution >= 4 is 17.5 Å². The summed E-state index contributed by atoms with van der Waals surface area (Å²) >= 11 is 0. The zero-order valence-electron chi connectivity index (χ0n) is 16.0. The summed E-state index contributed by atoms with van der Waals surface area (Å²) in [6, 6.07) is 7.06. The highest BCUT2D eigenvalue weighted by Crippen LogP contribution is 2.31. The lowest BCUT2D eigenvalue weighted by Crippen LogP contribution is -2.34. The van der Waals surface area contributed by atoms with Crippen LogP contribution in [0, 0.1) is 11.8 Å². The van der Waals surface area contributed by atoms with Crippen LogP contribution in [0.5, 0.6) is 0 Å². The van der Waals surface area contributed by atoms with E-state index in [0.717, 1.165) is 44.6 Å². The smallest absolute Gasteiger partial charge is 0.251 e. The summed E-state index contributed by atoms with van der Waals surface area (Å²) in [7, 11) is 0. The molecule has 2 atom stereocenters. The number of carbonyl (C=O) groups excluding carboxylic acids is 2. The Bertz CT molecular complexity index is 584. The predicted molar refractivity (Wildman–Crippen MR) is 105 cm³/mol. The quantitative estimate of drug-likeness (QED) is 0.629. The van der Waals surface area contributed by atoms with Crippen LogP contribution in [0.3, 0.4) is 0 Å². The number of nitrogens with two attached hydrogens (primary N) is 1. The lowest BCUT2D eigenvalue weighted by molar-refractivity contribution is -0.120. The Hall–Kier alpha value is -1.92. The van der Waals surface area contributed by atoms with Crippen LogP contribution in [-0.4, -0.2) is 49.4 Å². The molecule has 144 valence electrons. The number of benzene rings is 1. The topological polar surface area (TPSA) is 87.5 Å². The van der Waals surface area contributed by atoms with E-state index >= 15 is 0 Å². The van der Waals surface area contributed by atoms with E-state index in [1.54, 1.807) is 24.3 Å². The van der Waals surface area contributed by atoms with Gasteiger partial charge in [0.2, 0.25) is 5.91 Å². The second-order valence-electron chi connectivity index (χ2n) is 6.88. The average molecular weight is 361 g/mol. The Labute approximate surface area is 156 Å². The lowest BCUT2D eigenvalue weighted by atomic mass is 9.95. The maximum atomic E-state index is 12.4. The molecule has 2 rings (SSSR count). The van der Waals surface area contributed by atoms with Crippen molar-refractivity contribution in [2.75, 3.05) is 38.0 Å². The highest BCUT2D eigenvalue weighted by atomic mass is 16.2. The van der Waals surface area contributed by atoms with Gasteiger partial charge in [-0.15, -0.1) is 0 Å². The fourth-order valence-corrected chi connectivity index (χ4v) is 3.57. The van der Waals surface area contributed by atoms with Gasteiger partial charge in [0, 0.05) is 30.3 Å². The summed E-state index contributed by atoms with van der Waals surface area (Å²) in [5.41, 5.74) is 7.08. The minimum atomic E-state index is -0.0889. The van der Waals surface area contributed by atoms with E-state index < -0.39 is 0 Å². The van der Waals surface area contributed by atoms with E-state index in [4.69, 9.17) is 5.73 Å². The molecule has 0 saturated heterocycles. The Kier molecular flexibility index (Phi) is 8.06. The van der Waals surface area contributed by atoms with Crippen molar-refractivity contribution in [3.8, 4) is 0 Å². The van der Waals surface area contributed by atoms with E-state index in [2.05, 4.69) is 29.4 Å². The van der Waals surface area contributed by atoms with Crippen molar-refractivity contribution in [2.45, 2.75) is 33.1 Å². The van der Waals surface area contributed by atoms with Gasteiger partial charge in [-0.25, -0.2) is 0 Å². The molecular formula is C20H32N4O2. The lowest BCUT2D eigenvalue weighted by Gasteiger charge is -2.18. The van der Waals surface area contributed by atoms with Crippen molar-refractivity contribution in [1.29, 1.82) is 0 Å². The minimum Gasteiger partial charge on any atom is -0.351 e. The number of rotatable bonds is 9. The average Bonchev–Trinajstić information content (AvgIpc) is 3.14. The van der Waals surface area contributed by atoms with Crippen molar-refractivity contribution in [3.05, 3.63) is 29.8 Å². The maximum Gasteiger partial charge on any atom is 0.251 e. The molecule has 2 amide bonds. The summed E-state index contributed by atoms with van der Waals surface area (Å²) in [6.45, 7) is 8.21. The third-order valence-corrected chi connectivity index (χ3v) is 5.32. The molecule has 0 aliphatic heterocycles. The van der Waals surface area contributed by atoms with Crippen LogP contribution < -0.4 is 16.4 Å². The van der Waals surface area contributed by atoms with Crippen molar-refractivity contribution < 1.29 is 9.59 Å². The molecule has 1 aliphatic rings. The second-order valence-corrected chi connectivity index (χ2v) is 6.88. The van der Waals surface area contributed by atoms with Gasteiger partial charge in [0.1, 0.15) is 0 Å². The van der Waals surface area contributed by atoms with Crippen LogP contribution in [0.4, 0.5) is 5.69 Å². The van der Waals surface area contributed by atoms with Crippen molar-refractivity contribution in [1.82, 2.24) is 10.2 Å². The first-order chi connectivity index (χ1) is 12.6. The number of nitrogens with one attached hydrogen (secondary N) is 2. The predicted octanol–water partition coefficient (Wildman–Crippen LogP) is 2.07. The van der Waals surface area contributed by atoms with Gasteiger partial charge < -0.3 is 21.3 Å². The molecule has 1 aromatic rings. The van der Waals surface area contributed by atoms with Crippen LogP contribution >= 0.6 is 0 Å². The summed E-state index contributed by atoms with van der Waals surface area (Å²) < 4.78 is 0. The van der Waals surface area contributed by atoms with Crippen LogP contribution in [0.2, 0.25) is 0 Å². The second kappa shape index (κ2) is 10.3. The fourth-order valence-electron chi connectivity index (χ4n) is 3.57. The van der Waals surface area contributed by atoms with Gasteiger partial charge in [-0.1, -0.05) is 20.3 Å².